The van der Waals surface area contributed by atoms with Crippen LogP contribution in [0.15, 0.2) is 158 Å². The van der Waals surface area contributed by atoms with E-state index in [0.717, 1.165) is 57.0 Å². The molecule has 0 aliphatic rings. The van der Waals surface area contributed by atoms with E-state index in [1.807, 2.05) is 36.7 Å². The minimum absolute atomic E-state index is 0.351. The first-order chi connectivity index (χ1) is 28.6. The third-order valence-electron chi connectivity index (χ3n) is 11.2. The second-order valence-electron chi connectivity index (χ2n) is 16.7. The van der Waals surface area contributed by atoms with Crippen molar-refractivity contribution in [2.75, 3.05) is 0 Å². The molecule has 0 saturated heterocycles. The van der Waals surface area contributed by atoms with E-state index in [4.69, 9.17) is 14.7 Å². The van der Waals surface area contributed by atoms with Crippen LogP contribution in [0.1, 0.15) is 101 Å². The molecule has 0 radical (unpaired) electrons. The lowest BCUT2D eigenvalue weighted by atomic mass is 9.87. The van der Waals surface area contributed by atoms with E-state index in [1.165, 1.54) is 33.4 Å². The fraction of sp³-hybridized carbons (Fsp3) is 0.222. The van der Waals surface area contributed by atoms with Gasteiger partial charge in [0, 0.05) is 33.6 Å². The van der Waals surface area contributed by atoms with E-state index < -0.39 is 0 Å². The van der Waals surface area contributed by atoms with Gasteiger partial charge in [-0.1, -0.05) is 152 Å². The molecule has 8 aromatic rings. The second kappa shape index (κ2) is 16.8. The van der Waals surface area contributed by atoms with Crippen LogP contribution in [0.2, 0.25) is 0 Å². The number of rotatable bonds is 12. The van der Waals surface area contributed by atoms with Crippen molar-refractivity contribution in [3.05, 3.63) is 180 Å². The topological polar surface area (TPSA) is 44.9 Å². The highest BCUT2D eigenvalue weighted by atomic mass is 16.5. The quantitative estimate of drug-likeness (QED) is 0.124. The summed E-state index contributed by atoms with van der Waals surface area (Å²) >= 11 is 0. The molecule has 6 aromatic carbocycles. The predicted molar refractivity (Wildman–Crippen MR) is 245 cm³/mol. The van der Waals surface area contributed by atoms with Gasteiger partial charge >= 0.3 is 0 Å². The lowest BCUT2D eigenvalue weighted by molar-refractivity contribution is 0.483. The Morgan fingerprint density at radius 3 is 1.07 bits per heavy atom. The summed E-state index contributed by atoms with van der Waals surface area (Å²) in [6, 6.07) is 51.1. The van der Waals surface area contributed by atoms with Crippen LogP contribution in [0.5, 0.6) is 11.5 Å². The maximum atomic E-state index is 6.70. The van der Waals surface area contributed by atoms with Gasteiger partial charge in [0.25, 0.3) is 0 Å². The number of para-hydroxylation sites is 2. The first-order valence-electron chi connectivity index (χ1n) is 21.0. The van der Waals surface area contributed by atoms with E-state index in [-0.39, 0.29) is 0 Å². The van der Waals surface area contributed by atoms with Gasteiger partial charge in [0.05, 0.1) is 23.8 Å². The lowest BCUT2D eigenvalue weighted by Gasteiger charge is -2.22. The number of imidazole rings is 2. The summed E-state index contributed by atoms with van der Waals surface area (Å²) in [4.78, 5) is 10.3. The number of ether oxygens (including phenoxy) is 1. The largest absolute Gasteiger partial charge is 0.457 e. The van der Waals surface area contributed by atoms with Gasteiger partial charge in [0.2, 0.25) is 0 Å². The van der Waals surface area contributed by atoms with Crippen LogP contribution in [-0.2, 0) is 0 Å². The van der Waals surface area contributed by atoms with Crippen molar-refractivity contribution < 1.29 is 4.74 Å². The van der Waals surface area contributed by atoms with Crippen molar-refractivity contribution in [1.82, 2.24) is 19.1 Å². The number of hydrogen-bond donors (Lipinski definition) is 0. The molecule has 0 unspecified atom stereocenters. The summed E-state index contributed by atoms with van der Waals surface area (Å²) in [6.45, 7) is 18.2. The highest BCUT2D eigenvalue weighted by molar-refractivity contribution is 5.77. The van der Waals surface area contributed by atoms with Gasteiger partial charge in [-0.3, -0.25) is 9.13 Å². The average Bonchev–Trinajstić information content (AvgIpc) is 3.90. The Bertz CT molecular complexity index is 2460. The Kier molecular flexibility index (Phi) is 11.2. The van der Waals surface area contributed by atoms with E-state index in [0.29, 0.717) is 23.7 Å². The molecule has 59 heavy (non-hydrogen) atoms. The molecule has 0 atom stereocenters. The van der Waals surface area contributed by atoms with E-state index in [2.05, 4.69) is 186 Å². The van der Waals surface area contributed by atoms with Crippen molar-refractivity contribution in [2.24, 2.45) is 0 Å². The zero-order valence-corrected chi connectivity index (χ0v) is 35.5. The summed E-state index contributed by atoms with van der Waals surface area (Å²) in [5.74, 6) is 4.59. The van der Waals surface area contributed by atoms with E-state index in [1.54, 1.807) is 0 Å². The third-order valence-corrected chi connectivity index (χ3v) is 11.2. The number of benzene rings is 6. The van der Waals surface area contributed by atoms with Crippen molar-refractivity contribution in [1.29, 1.82) is 0 Å². The van der Waals surface area contributed by atoms with Crippen LogP contribution >= 0.6 is 0 Å². The number of nitrogens with zero attached hydrogens (tertiary/aromatic N) is 4. The molecule has 296 valence electrons. The van der Waals surface area contributed by atoms with Crippen LogP contribution in [0.4, 0.5) is 0 Å². The van der Waals surface area contributed by atoms with Gasteiger partial charge < -0.3 is 4.74 Å². The molecule has 0 aliphatic carbocycles. The zero-order chi connectivity index (χ0) is 41.2. The molecule has 0 N–H and O–H groups in total. The van der Waals surface area contributed by atoms with Crippen molar-refractivity contribution in [3.8, 4) is 68.2 Å². The summed E-state index contributed by atoms with van der Waals surface area (Å²) in [7, 11) is 0. The summed E-state index contributed by atoms with van der Waals surface area (Å²) in [5, 5.41) is 0. The van der Waals surface area contributed by atoms with Gasteiger partial charge in [-0.2, -0.15) is 0 Å². The highest BCUT2D eigenvalue weighted by Crippen LogP contribution is 2.42. The minimum atomic E-state index is 0.351. The fourth-order valence-electron chi connectivity index (χ4n) is 8.37. The maximum Gasteiger partial charge on any atom is 0.145 e. The average molecular weight is 775 g/mol. The molecule has 2 aromatic heterocycles. The molecule has 2 heterocycles. The molecule has 8 rings (SSSR count). The van der Waals surface area contributed by atoms with E-state index in [9.17, 15) is 0 Å². The molecule has 5 nitrogen and oxygen atoms in total. The van der Waals surface area contributed by atoms with Crippen molar-refractivity contribution >= 4 is 0 Å². The Morgan fingerprint density at radius 2 is 0.729 bits per heavy atom. The Balaban J connectivity index is 1.20. The molecule has 0 saturated carbocycles. The van der Waals surface area contributed by atoms with Crippen LogP contribution in [-0.4, -0.2) is 19.1 Å². The minimum Gasteiger partial charge on any atom is -0.457 e. The molecule has 0 bridgehead atoms. The Morgan fingerprint density at radius 1 is 0.390 bits per heavy atom. The summed E-state index contributed by atoms with van der Waals surface area (Å²) < 4.78 is 11.3. The standard InChI is InChI=1S/C54H54N4O/c1-35(2)45-27-17-28-46(36(3)4)51(45)49-33-55-53(57(49)41-21-11-9-12-22-41)39-19-15-25-43(31-39)59-44-26-16-20-40(32-44)54-56-34-50(58(54)42-23-13-10-14-24-42)52-47(37(5)6)29-18-30-48(52)38(7)8/h9-38H,1-8H3. The summed E-state index contributed by atoms with van der Waals surface area (Å²) in [6.07, 6.45) is 4.08. The normalized spacial score (nSPS) is 11.7. The van der Waals surface area contributed by atoms with Gasteiger partial charge in [0.1, 0.15) is 23.1 Å². The lowest BCUT2D eigenvalue weighted by Crippen LogP contribution is -2.05. The number of aromatic nitrogens is 4. The molecule has 0 fully saturated rings. The molecule has 0 spiro atoms. The Hall–Kier alpha value is -6.46. The number of hydrogen-bond acceptors (Lipinski definition) is 3. The van der Waals surface area contributed by atoms with Crippen LogP contribution < -0.4 is 4.74 Å². The molecule has 5 heteroatoms. The first-order valence-corrected chi connectivity index (χ1v) is 21.0. The SMILES string of the molecule is CC(C)c1cccc(C(C)C)c1-c1cnc(-c2cccc(Oc3cccc(-c4ncc(-c5c(C(C)C)cccc5C(C)C)n4-c4ccccc4)c3)c2)n1-c1ccccc1. The van der Waals surface area contributed by atoms with Crippen LogP contribution in [0.25, 0.3) is 56.7 Å². The predicted octanol–water partition coefficient (Wildman–Crippen LogP) is 15.0. The van der Waals surface area contributed by atoms with Gasteiger partial charge in [-0.15, -0.1) is 0 Å². The molecule has 0 amide bonds. The maximum absolute atomic E-state index is 6.70. The Labute approximate surface area is 350 Å². The second-order valence-corrected chi connectivity index (χ2v) is 16.7. The van der Waals surface area contributed by atoms with Crippen molar-refractivity contribution in [3.63, 3.8) is 0 Å². The summed E-state index contributed by atoms with van der Waals surface area (Å²) in [5.41, 5.74) is 14.0. The van der Waals surface area contributed by atoms with Crippen LogP contribution in [0.3, 0.4) is 0 Å². The fourth-order valence-corrected chi connectivity index (χ4v) is 8.37. The van der Waals surface area contributed by atoms with Crippen LogP contribution in [0, 0.1) is 0 Å². The van der Waals surface area contributed by atoms with Gasteiger partial charge in [0.15, 0.2) is 0 Å². The van der Waals surface area contributed by atoms with Gasteiger partial charge in [-0.05, 0) is 94.5 Å². The molecular formula is C54H54N4O. The molecule has 0 aliphatic heterocycles. The van der Waals surface area contributed by atoms with Gasteiger partial charge in [-0.25, -0.2) is 9.97 Å². The van der Waals surface area contributed by atoms with E-state index >= 15 is 0 Å². The highest BCUT2D eigenvalue weighted by Gasteiger charge is 2.24. The molecular weight excluding hydrogens is 721 g/mol. The third kappa shape index (κ3) is 7.78. The first kappa shape index (κ1) is 39.4. The smallest absolute Gasteiger partial charge is 0.145 e. The van der Waals surface area contributed by atoms with Crippen molar-refractivity contribution in [2.45, 2.75) is 79.1 Å². The monoisotopic (exact) mass is 774 g/mol. The zero-order valence-electron chi connectivity index (χ0n) is 35.5.